The number of methoxy groups -OCH3 is 1. The van der Waals surface area contributed by atoms with Crippen molar-refractivity contribution in [2.75, 3.05) is 7.11 Å². The normalized spacial score (nSPS) is 36.5. The van der Waals surface area contributed by atoms with Crippen LogP contribution in [0.1, 0.15) is 81.3 Å². The van der Waals surface area contributed by atoms with Crippen molar-refractivity contribution in [2.45, 2.75) is 71.6 Å². The Bertz CT molecular complexity index is 811. The first-order valence-corrected chi connectivity index (χ1v) is 10.2. The number of hydrogen-bond donors (Lipinski definition) is 2. The van der Waals surface area contributed by atoms with Crippen molar-refractivity contribution in [1.82, 2.24) is 0 Å². The summed E-state index contributed by atoms with van der Waals surface area (Å²) in [6.07, 6.45) is 6.54. The number of phenols is 2. The van der Waals surface area contributed by atoms with Crippen LogP contribution in [0.5, 0.6) is 11.5 Å². The molecule has 148 valence electrons. The van der Waals surface area contributed by atoms with Gasteiger partial charge in [0.25, 0.3) is 0 Å². The Morgan fingerprint density at radius 2 is 1.81 bits per heavy atom. The molecular weight excluding hydrogens is 340 g/mol. The highest BCUT2D eigenvalue weighted by Crippen LogP contribution is 2.68. The molecule has 0 saturated heterocycles. The van der Waals surface area contributed by atoms with Crippen LogP contribution < -0.4 is 0 Å². The van der Waals surface area contributed by atoms with Crippen LogP contribution >= 0.6 is 0 Å². The van der Waals surface area contributed by atoms with Crippen molar-refractivity contribution in [3.63, 3.8) is 0 Å². The van der Waals surface area contributed by atoms with Crippen molar-refractivity contribution in [1.29, 1.82) is 0 Å². The van der Waals surface area contributed by atoms with Crippen molar-refractivity contribution < 1.29 is 19.7 Å². The van der Waals surface area contributed by atoms with Gasteiger partial charge in [-0.05, 0) is 71.8 Å². The van der Waals surface area contributed by atoms with E-state index >= 15 is 0 Å². The molecule has 4 nitrogen and oxygen atoms in total. The van der Waals surface area contributed by atoms with Crippen molar-refractivity contribution in [2.24, 2.45) is 22.7 Å². The number of aromatic hydroxyl groups is 2. The summed E-state index contributed by atoms with van der Waals surface area (Å²) in [6.45, 7) is 9.50. The van der Waals surface area contributed by atoms with Crippen LogP contribution in [0, 0.1) is 22.7 Å². The lowest BCUT2D eigenvalue weighted by Crippen LogP contribution is -2.55. The number of rotatable bonds is 1. The smallest absolute Gasteiger partial charge is 0.338 e. The van der Waals surface area contributed by atoms with Crippen LogP contribution in [0.3, 0.4) is 0 Å². The second kappa shape index (κ2) is 5.65. The number of hydrogen-bond acceptors (Lipinski definition) is 4. The fourth-order valence-electron chi connectivity index (χ4n) is 7.45. The van der Waals surface area contributed by atoms with Crippen molar-refractivity contribution in [3.05, 3.63) is 22.8 Å². The molecule has 0 bridgehead atoms. The molecule has 2 N–H and O–H groups in total. The lowest BCUT2D eigenvalue weighted by molar-refractivity contribution is -0.0984. The first kappa shape index (κ1) is 18.6. The highest BCUT2D eigenvalue weighted by atomic mass is 16.5. The van der Waals surface area contributed by atoms with Gasteiger partial charge in [0, 0.05) is 5.56 Å². The molecule has 1 unspecified atom stereocenters. The van der Waals surface area contributed by atoms with Crippen LogP contribution in [0.25, 0.3) is 0 Å². The number of benzene rings is 1. The van der Waals surface area contributed by atoms with E-state index in [0.29, 0.717) is 22.8 Å². The van der Waals surface area contributed by atoms with Gasteiger partial charge in [0.15, 0.2) is 11.5 Å². The van der Waals surface area contributed by atoms with E-state index in [2.05, 4.69) is 27.7 Å². The second-order valence-electron chi connectivity index (χ2n) is 10.3. The first-order valence-electron chi connectivity index (χ1n) is 10.2. The van der Waals surface area contributed by atoms with Crippen LogP contribution in [0.4, 0.5) is 0 Å². The maximum Gasteiger partial charge on any atom is 0.338 e. The lowest BCUT2D eigenvalue weighted by Gasteiger charge is -2.61. The maximum atomic E-state index is 12.5. The minimum absolute atomic E-state index is 0.0523. The fraction of sp³-hybridized carbons (Fsp3) is 0.696. The highest BCUT2D eigenvalue weighted by molar-refractivity contribution is 5.93. The third-order valence-corrected chi connectivity index (χ3v) is 8.56. The number of esters is 1. The van der Waals surface area contributed by atoms with Crippen LogP contribution in [-0.4, -0.2) is 23.3 Å². The molecule has 3 aliphatic rings. The second-order valence-corrected chi connectivity index (χ2v) is 10.3. The lowest BCUT2D eigenvalue weighted by atomic mass is 9.43. The fourth-order valence-corrected chi connectivity index (χ4v) is 7.45. The highest BCUT2D eigenvalue weighted by Gasteiger charge is 2.62. The largest absolute Gasteiger partial charge is 0.504 e. The predicted molar refractivity (Wildman–Crippen MR) is 104 cm³/mol. The zero-order valence-corrected chi connectivity index (χ0v) is 17.2. The summed E-state index contributed by atoms with van der Waals surface area (Å²) in [7, 11) is 1.37. The van der Waals surface area contributed by atoms with Gasteiger partial charge in [-0.15, -0.1) is 0 Å². The molecule has 0 aliphatic heterocycles. The van der Waals surface area contributed by atoms with Gasteiger partial charge in [0.2, 0.25) is 0 Å². The first-order chi connectivity index (χ1) is 12.6. The zero-order valence-electron chi connectivity index (χ0n) is 17.2. The van der Waals surface area contributed by atoms with Crippen LogP contribution in [0.2, 0.25) is 0 Å². The summed E-state index contributed by atoms with van der Waals surface area (Å²) in [5.41, 5.74) is 2.40. The summed E-state index contributed by atoms with van der Waals surface area (Å²) in [5, 5.41) is 20.9. The molecule has 1 aromatic carbocycles. The van der Waals surface area contributed by atoms with Gasteiger partial charge >= 0.3 is 5.97 Å². The van der Waals surface area contributed by atoms with Gasteiger partial charge in [-0.3, -0.25) is 0 Å². The summed E-state index contributed by atoms with van der Waals surface area (Å²) in [6, 6.07) is 1.40. The van der Waals surface area contributed by atoms with E-state index in [9.17, 15) is 15.0 Å². The van der Waals surface area contributed by atoms with Crippen molar-refractivity contribution >= 4 is 5.97 Å². The van der Waals surface area contributed by atoms with E-state index in [1.165, 1.54) is 32.4 Å². The van der Waals surface area contributed by atoms with E-state index < -0.39 is 5.97 Å². The van der Waals surface area contributed by atoms with Crippen LogP contribution in [-0.2, 0) is 16.6 Å². The third kappa shape index (κ3) is 2.31. The van der Waals surface area contributed by atoms with E-state index in [1.807, 2.05) is 0 Å². The predicted octanol–water partition coefficient (Wildman–Crippen LogP) is 4.94. The monoisotopic (exact) mass is 372 g/mol. The molecule has 0 radical (unpaired) electrons. The van der Waals surface area contributed by atoms with Gasteiger partial charge in [0.05, 0.1) is 12.7 Å². The molecule has 0 amide bonds. The summed E-state index contributed by atoms with van der Waals surface area (Å²) < 4.78 is 5.01. The number of carbonyl (C=O) groups is 1. The Labute approximate surface area is 161 Å². The minimum Gasteiger partial charge on any atom is -0.504 e. The molecule has 0 spiro atoms. The van der Waals surface area contributed by atoms with Gasteiger partial charge < -0.3 is 14.9 Å². The Kier molecular flexibility index (Phi) is 3.90. The third-order valence-electron chi connectivity index (χ3n) is 8.56. The molecule has 2 fully saturated rings. The van der Waals surface area contributed by atoms with Crippen LogP contribution in [0.15, 0.2) is 6.07 Å². The molecule has 1 aromatic rings. The van der Waals surface area contributed by atoms with Gasteiger partial charge in [-0.1, -0.05) is 34.1 Å². The number of ether oxygens (including phenoxy) is 1. The van der Waals surface area contributed by atoms with Gasteiger partial charge in [-0.2, -0.15) is 0 Å². The van der Waals surface area contributed by atoms with Crippen molar-refractivity contribution in [3.8, 4) is 11.5 Å². The van der Waals surface area contributed by atoms with E-state index in [4.69, 9.17) is 4.74 Å². The zero-order chi connectivity index (χ0) is 19.8. The quantitative estimate of drug-likeness (QED) is 0.541. The molecule has 4 atom stereocenters. The Hall–Kier alpha value is -1.71. The average molecular weight is 373 g/mol. The summed E-state index contributed by atoms with van der Waals surface area (Å²) in [5.74, 6) is 0.295. The topological polar surface area (TPSA) is 66.8 Å². The number of carbonyl (C=O) groups excluding carboxylic acids is 1. The molecule has 2 saturated carbocycles. The Morgan fingerprint density at radius 1 is 1.11 bits per heavy atom. The molecule has 3 aliphatic carbocycles. The minimum atomic E-state index is -0.431. The maximum absolute atomic E-state index is 12.5. The van der Waals surface area contributed by atoms with Gasteiger partial charge in [0.1, 0.15) is 0 Å². The summed E-state index contributed by atoms with van der Waals surface area (Å²) >= 11 is 0. The van der Waals surface area contributed by atoms with E-state index in [-0.39, 0.29) is 22.3 Å². The molecule has 0 aromatic heterocycles. The molecule has 27 heavy (non-hydrogen) atoms. The average Bonchev–Trinajstić information content (AvgIpc) is 2.91. The molecular formula is C23H32O4. The Balaban J connectivity index is 1.90. The Morgan fingerprint density at radius 3 is 2.48 bits per heavy atom. The van der Waals surface area contributed by atoms with E-state index in [0.717, 1.165) is 30.4 Å². The number of phenolic OH excluding ortho intramolecular Hbond substituents is 2. The molecule has 4 rings (SSSR count). The summed E-state index contributed by atoms with van der Waals surface area (Å²) in [4.78, 5) is 12.5. The SMILES string of the molecule is COC(=O)c1cc(O)c(O)c2c1[C@@]1(C)CCC3C(C)(C)CCC[C@]3(C)[C@H]1C2. The van der Waals surface area contributed by atoms with Gasteiger partial charge in [-0.25, -0.2) is 4.79 Å². The number of fused-ring (bicyclic) bond motifs is 5. The van der Waals surface area contributed by atoms with E-state index in [1.54, 1.807) is 0 Å². The standard InChI is InChI=1S/C23H32O4/c1-21(2)8-6-9-22(3)16(21)7-10-23(4)17(22)12-13-18(23)14(20(26)27-5)11-15(24)19(13)25/h11,16-17,24-25H,6-10,12H2,1-5H3/t16?,17-,22+,23+/m1/s1. The molecule has 0 heterocycles. The molecule has 4 heteroatoms.